The molecule has 0 aromatic carbocycles. The average molecular weight is 194 g/mol. The number of hydrogen-bond donors (Lipinski definition) is 4. The van der Waals surface area contributed by atoms with Crippen molar-refractivity contribution < 1.29 is 29.9 Å². The molecule has 0 aromatic heterocycles. The van der Waals surface area contributed by atoms with Crippen LogP contribution < -0.4 is 0 Å². The highest BCUT2D eigenvalue weighted by molar-refractivity contribution is 4.88. The Morgan fingerprint density at radius 3 is 2.23 bits per heavy atom. The van der Waals surface area contributed by atoms with Gasteiger partial charge in [0.2, 0.25) is 0 Å². The van der Waals surface area contributed by atoms with Crippen molar-refractivity contribution in [3.8, 4) is 0 Å². The lowest BCUT2D eigenvalue weighted by Gasteiger charge is -2.38. The molecular formula is C7H14O6. The van der Waals surface area contributed by atoms with E-state index in [1.807, 2.05) is 0 Å². The van der Waals surface area contributed by atoms with E-state index in [-0.39, 0.29) is 0 Å². The second-order valence-corrected chi connectivity index (χ2v) is 2.93. The van der Waals surface area contributed by atoms with Crippen LogP contribution in [0.3, 0.4) is 0 Å². The molecule has 0 radical (unpaired) electrons. The quantitative estimate of drug-likeness (QED) is 0.386. The molecule has 1 aliphatic rings. The fourth-order valence-electron chi connectivity index (χ4n) is 1.26. The predicted molar refractivity (Wildman–Crippen MR) is 40.8 cm³/mol. The fourth-order valence-corrected chi connectivity index (χ4v) is 1.26. The summed E-state index contributed by atoms with van der Waals surface area (Å²) in [6.07, 6.45) is -5.91. The zero-order chi connectivity index (χ0) is 10.0. The van der Waals surface area contributed by atoms with E-state index in [1.165, 1.54) is 7.11 Å². The van der Waals surface area contributed by atoms with E-state index in [0.29, 0.717) is 0 Å². The third-order valence-corrected chi connectivity index (χ3v) is 2.08. The van der Waals surface area contributed by atoms with Crippen molar-refractivity contribution in [2.24, 2.45) is 0 Å². The second-order valence-electron chi connectivity index (χ2n) is 2.93. The Morgan fingerprint density at radius 2 is 1.77 bits per heavy atom. The Morgan fingerprint density at radius 1 is 1.15 bits per heavy atom. The molecule has 0 bridgehead atoms. The minimum absolute atomic E-state index is 0.440. The van der Waals surface area contributed by atoms with Crippen LogP contribution >= 0.6 is 0 Å². The van der Waals surface area contributed by atoms with Crippen molar-refractivity contribution in [1.82, 2.24) is 0 Å². The standard InChI is InChI=1S/C7H14O6/c1-12-7-6(11)5(10)4(9)3(2-8)13-7/h3-11H,2H2,1H3/t3?,4-,5-,6?,7-/m0/s1. The van der Waals surface area contributed by atoms with Crippen molar-refractivity contribution in [3.05, 3.63) is 0 Å². The van der Waals surface area contributed by atoms with Gasteiger partial charge in [-0.25, -0.2) is 0 Å². The van der Waals surface area contributed by atoms with Crippen molar-refractivity contribution in [1.29, 1.82) is 0 Å². The van der Waals surface area contributed by atoms with Gasteiger partial charge >= 0.3 is 0 Å². The summed E-state index contributed by atoms with van der Waals surface area (Å²) in [6.45, 7) is -0.440. The smallest absolute Gasteiger partial charge is 0.186 e. The highest BCUT2D eigenvalue weighted by atomic mass is 16.7. The van der Waals surface area contributed by atoms with E-state index < -0.39 is 37.3 Å². The first-order valence-corrected chi connectivity index (χ1v) is 3.95. The summed E-state index contributed by atoms with van der Waals surface area (Å²) in [5.41, 5.74) is 0. The van der Waals surface area contributed by atoms with Crippen molar-refractivity contribution in [3.63, 3.8) is 0 Å². The lowest BCUT2D eigenvalue weighted by molar-refractivity contribution is -0.294. The molecule has 1 fully saturated rings. The highest BCUT2D eigenvalue weighted by Gasteiger charge is 2.43. The molecule has 2 unspecified atom stereocenters. The fraction of sp³-hybridized carbons (Fsp3) is 1.00. The molecule has 1 rings (SSSR count). The molecule has 0 spiro atoms. The van der Waals surface area contributed by atoms with Gasteiger partial charge in [-0.15, -0.1) is 0 Å². The van der Waals surface area contributed by atoms with Gasteiger partial charge in [0.25, 0.3) is 0 Å². The van der Waals surface area contributed by atoms with Crippen LogP contribution in [0.15, 0.2) is 0 Å². The van der Waals surface area contributed by atoms with Crippen LogP contribution in [0.4, 0.5) is 0 Å². The van der Waals surface area contributed by atoms with Gasteiger partial charge in [-0.2, -0.15) is 0 Å². The van der Waals surface area contributed by atoms with Crippen molar-refractivity contribution in [2.75, 3.05) is 13.7 Å². The normalized spacial score (nSPS) is 46.4. The lowest BCUT2D eigenvalue weighted by Crippen LogP contribution is -2.58. The summed E-state index contributed by atoms with van der Waals surface area (Å²) < 4.78 is 9.65. The molecule has 78 valence electrons. The molecule has 1 aliphatic heterocycles. The molecule has 1 heterocycles. The van der Waals surface area contributed by atoms with Crippen LogP contribution in [-0.2, 0) is 9.47 Å². The Hall–Kier alpha value is -0.240. The van der Waals surface area contributed by atoms with E-state index in [9.17, 15) is 15.3 Å². The van der Waals surface area contributed by atoms with Gasteiger partial charge in [0.1, 0.15) is 24.4 Å². The minimum Gasteiger partial charge on any atom is -0.394 e. The third kappa shape index (κ3) is 1.98. The van der Waals surface area contributed by atoms with E-state index in [1.54, 1.807) is 0 Å². The van der Waals surface area contributed by atoms with E-state index in [2.05, 4.69) is 0 Å². The van der Waals surface area contributed by atoms with Gasteiger partial charge < -0.3 is 29.9 Å². The monoisotopic (exact) mass is 194 g/mol. The van der Waals surface area contributed by atoms with Crippen LogP contribution in [0.1, 0.15) is 0 Å². The first-order chi connectivity index (χ1) is 6.11. The largest absolute Gasteiger partial charge is 0.394 e. The van der Waals surface area contributed by atoms with Crippen LogP contribution in [0.2, 0.25) is 0 Å². The summed E-state index contributed by atoms with van der Waals surface area (Å²) in [5.74, 6) is 0. The van der Waals surface area contributed by atoms with Crippen molar-refractivity contribution in [2.45, 2.75) is 30.7 Å². The average Bonchev–Trinajstić information content (AvgIpc) is 2.15. The molecule has 13 heavy (non-hydrogen) atoms. The predicted octanol–water partition coefficient (Wildman–Crippen LogP) is -2.57. The first-order valence-electron chi connectivity index (χ1n) is 3.95. The number of rotatable bonds is 2. The maximum atomic E-state index is 9.28. The van der Waals surface area contributed by atoms with Crippen molar-refractivity contribution >= 4 is 0 Å². The number of methoxy groups -OCH3 is 1. The Balaban J connectivity index is 2.66. The summed E-state index contributed by atoms with van der Waals surface area (Å²) in [6, 6.07) is 0. The van der Waals surface area contributed by atoms with Gasteiger partial charge in [-0.05, 0) is 0 Å². The summed E-state index contributed by atoms with van der Waals surface area (Å²) in [5, 5.41) is 36.6. The molecular weight excluding hydrogens is 180 g/mol. The number of hydrogen-bond acceptors (Lipinski definition) is 6. The minimum atomic E-state index is -1.36. The molecule has 0 aliphatic carbocycles. The van der Waals surface area contributed by atoms with E-state index >= 15 is 0 Å². The molecule has 4 N–H and O–H groups in total. The van der Waals surface area contributed by atoms with Gasteiger partial charge in [0.15, 0.2) is 6.29 Å². The number of aliphatic hydroxyl groups excluding tert-OH is 4. The van der Waals surface area contributed by atoms with Gasteiger partial charge in [0.05, 0.1) is 6.61 Å². The zero-order valence-electron chi connectivity index (χ0n) is 7.20. The molecule has 0 aromatic rings. The Bertz CT molecular complexity index is 143. The molecule has 6 nitrogen and oxygen atoms in total. The van der Waals surface area contributed by atoms with Crippen LogP contribution in [0.5, 0.6) is 0 Å². The Labute approximate surface area is 75.3 Å². The SMILES string of the molecule is CO[C@H]1OC(CO)[C@H](O)[C@H](O)C1O. The van der Waals surface area contributed by atoms with Crippen LogP contribution in [0.25, 0.3) is 0 Å². The van der Waals surface area contributed by atoms with Gasteiger partial charge in [-0.3, -0.25) is 0 Å². The molecule has 1 saturated heterocycles. The second kappa shape index (κ2) is 4.32. The maximum Gasteiger partial charge on any atom is 0.186 e. The molecule has 6 heteroatoms. The molecule has 5 atom stereocenters. The summed E-state index contributed by atoms with van der Waals surface area (Å²) >= 11 is 0. The van der Waals surface area contributed by atoms with Crippen LogP contribution in [0, 0.1) is 0 Å². The highest BCUT2D eigenvalue weighted by Crippen LogP contribution is 2.20. The zero-order valence-corrected chi connectivity index (χ0v) is 7.20. The summed E-state index contributed by atoms with van der Waals surface area (Å²) in [4.78, 5) is 0. The van der Waals surface area contributed by atoms with Gasteiger partial charge in [0, 0.05) is 7.11 Å². The third-order valence-electron chi connectivity index (χ3n) is 2.08. The topological polar surface area (TPSA) is 99.4 Å². The summed E-state index contributed by atoms with van der Waals surface area (Å²) in [7, 11) is 1.30. The molecule has 0 saturated carbocycles. The maximum absolute atomic E-state index is 9.28. The number of ether oxygens (including phenoxy) is 2. The number of aliphatic hydroxyl groups is 4. The first kappa shape index (κ1) is 10.8. The van der Waals surface area contributed by atoms with E-state index in [0.717, 1.165) is 0 Å². The van der Waals surface area contributed by atoms with Crippen LogP contribution in [-0.4, -0.2) is 64.8 Å². The van der Waals surface area contributed by atoms with Gasteiger partial charge in [-0.1, -0.05) is 0 Å². The van der Waals surface area contributed by atoms with E-state index in [4.69, 9.17) is 14.6 Å². The molecule has 0 amide bonds. The lowest BCUT2D eigenvalue weighted by atomic mass is 9.99. The Kier molecular flexibility index (Phi) is 3.60.